The van der Waals surface area contributed by atoms with Crippen LogP contribution in [0.5, 0.6) is 0 Å². The summed E-state index contributed by atoms with van der Waals surface area (Å²) in [6.45, 7) is 3.67. The van der Waals surface area contributed by atoms with Crippen LogP contribution in [0.1, 0.15) is 19.9 Å². The van der Waals surface area contributed by atoms with E-state index in [2.05, 4.69) is 15.2 Å². The Morgan fingerprint density at radius 2 is 1.74 bits per heavy atom. The molecule has 0 bridgehead atoms. The van der Waals surface area contributed by atoms with E-state index in [1.807, 2.05) is 13.8 Å². The van der Waals surface area contributed by atoms with Crippen molar-refractivity contribution in [2.45, 2.75) is 19.9 Å². The second kappa shape index (κ2) is 5.58. The fourth-order valence-electron chi connectivity index (χ4n) is 2.31. The highest BCUT2D eigenvalue weighted by atomic mass is 35.5. The van der Waals surface area contributed by atoms with Gasteiger partial charge in [0, 0.05) is 23.7 Å². The molecule has 0 fully saturated rings. The summed E-state index contributed by atoms with van der Waals surface area (Å²) in [5, 5.41) is 8.71. The van der Waals surface area contributed by atoms with Crippen LogP contribution in [0.25, 0.3) is 22.6 Å². The first kappa shape index (κ1) is 15.4. The molecule has 0 spiro atoms. The van der Waals surface area contributed by atoms with Crippen LogP contribution in [-0.4, -0.2) is 24.3 Å². The molecule has 0 atom stereocenters. The third kappa shape index (κ3) is 2.53. The Morgan fingerprint density at radius 1 is 1.09 bits per heavy atom. The van der Waals surface area contributed by atoms with Crippen molar-refractivity contribution in [3.8, 4) is 11.4 Å². The third-order valence-corrected chi connectivity index (χ3v) is 3.77. The minimum Gasteiger partial charge on any atom is -0.272 e. The quantitative estimate of drug-likeness (QED) is 0.715. The number of hydrogen-bond acceptors (Lipinski definition) is 5. The summed E-state index contributed by atoms with van der Waals surface area (Å²) < 4.78 is 2.44. The molecule has 0 unspecified atom stereocenters. The van der Waals surface area contributed by atoms with Gasteiger partial charge in [-0.1, -0.05) is 11.6 Å². The molecule has 0 radical (unpaired) electrons. The Hall–Kier alpha value is -2.54. The molecule has 0 aliphatic carbocycles. The van der Waals surface area contributed by atoms with E-state index in [0.717, 1.165) is 4.57 Å². The first-order valence-corrected chi connectivity index (χ1v) is 7.40. The summed E-state index contributed by atoms with van der Waals surface area (Å²) in [5.74, 6) is 0.306. The van der Waals surface area contributed by atoms with E-state index in [0.29, 0.717) is 16.4 Å². The number of aromatic nitrogens is 5. The van der Waals surface area contributed by atoms with Crippen LogP contribution in [0.3, 0.4) is 0 Å². The van der Waals surface area contributed by atoms with Gasteiger partial charge in [-0.15, -0.1) is 10.2 Å². The molecule has 0 saturated carbocycles. The maximum Gasteiger partial charge on any atom is 0.332 e. The lowest BCUT2D eigenvalue weighted by Gasteiger charge is -2.13. The van der Waals surface area contributed by atoms with Gasteiger partial charge in [0.05, 0.1) is 0 Å². The molecule has 0 saturated heterocycles. The zero-order chi connectivity index (χ0) is 16.7. The van der Waals surface area contributed by atoms with Gasteiger partial charge >= 0.3 is 5.69 Å². The molecule has 0 aliphatic heterocycles. The van der Waals surface area contributed by atoms with E-state index in [1.54, 1.807) is 24.3 Å². The zero-order valence-corrected chi connectivity index (χ0v) is 13.6. The Labute approximate surface area is 136 Å². The van der Waals surface area contributed by atoms with Gasteiger partial charge < -0.3 is 0 Å². The van der Waals surface area contributed by atoms with E-state index in [-0.39, 0.29) is 17.2 Å². The summed E-state index contributed by atoms with van der Waals surface area (Å²) in [5.41, 5.74) is 0.0552. The largest absolute Gasteiger partial charge is 0.332 e. The number of fused-ring (bicyclic) bond motifs is 1. The second-order valence-corrected chi connectivity index (χ2v) is 5.86. The van der Waals surface area contributed by atoms with Crippen molar-refractivity contribution >= 4 is 22.8 Å². The van der Waals surface area contributed by atoms with Crippen molar-refractivity contribution in [1.82, 2.24) is 24.3 Å². The Balaban J connectivity index is 2.34. The Bertz CT molecular complexity index is 1010. The predicted molar refractivity (Wildman–Crippen MR) is 87.7 cm³/mol. The normalized spacial score (nSPS) is 11.3. The zero-order valence-electron chi connectivity index (χ0n) is 12.8. The van der Waals surface area contributed by atoms with Crippen LogP contribution in [0.15, 0.2) is 33.9 Å². The molecular weight excluding hydrogens is 318 g/mol. The molecule has 0 amide bonds. The predicted octanol–water partition coefficient (Wildman–Crippen LogP) is 1.79. The maximum absolute atomic E-state index is 12.4. The molecular formula is C15H14ClN5O2. The summed E-state index contributed by atoms with van der Waals surface area (Å²) in [4.78, 5) is 28.9. The maximum atomic E-state index is 12.4. The van der Waals surface area contributed by atoms with Crippen LogP contribution in [-0.2, 0) is 7.05 Å². The Kier molecular flexibility index (Phi) is 3.73. The standard InChI is InChI=1S/C15H14ClN5O2/c1-8(2)21-13-11(14(22)20(3)15(21)23)17-12(18-19-13)9-4-6-10(16)7-5-9/h4-8H,1-3H3. The van der Waals surface area contributed by atoms with Gasteiger partial charge in [0.25, 0.3) is 5.56 Å². The number of rotatable bonds is 2. The molecule has 1 aromatic carbocycles. The fraction of sp³-hybridized carbons (Fsp3) is 0.267. The van der Waals surface area contributed by atoms with Crippen molar-refractivity contribution in [2.75, 3.05) is 0 Å². The van der Waals surface area contributed by atoms with Gasteiger partial charge in [0.2, 0.25) is 0 Å². The van der Waals surface area contributed by atoms with Crippen LogP contribution in [0.2, 0.25) is 5.02 Å². The van der Waals surface area contributed by atoms with Crippen molar-refractivity contribution in [2.24, 2.45) is 7.05 Å². The molecule has 0 N–H and O–H groups in total. The fourth-order valence-corrected chi connectivity index (χ4v) is 2.44. The van der Waals surface area contributed by atoms with Crippen molar-refractivity contribution in [3.63, 3.8) is 0 Å². The number of hydrogen-bond donors (Lipinski definition) is 0. The lowest BCUT2D eigenvalue weighted by atomic mass is 10.2. The van der Waals surface area contributed by atoms with E-state index in [9.17, 15) is 9.59 Å². The molecule has 0 aliphatic rings. The van der Waals surface area contributed by atoms with Crippen molar-refractivity contribution < 1.29 is 0 Å². The second-order valence-electron chi connectivity index (χ2n) is 5.43. The number of benzene rings is 1. The molecule has 118 valence electrons. The molecule has 7 nitrogen and oxygen atoms in total. The molecule has 2 heterocycles. The van der Waals surface area contributed by atoms with E-state index in [1.165, 1.54) is 11.6 Å². The first-order chi connectivity index (χ1) is 10.9. The monoisotopic (exact) mass is 331 g/mol. The van der Waals surface area contributed by atoms with E-state index >= 15 is 0 Å². The average Bonchev–Trinajstić information content (AvgIpc) is 2.53. The summed E-state index contributed by atoms with van der Waals surface area (Å²) >= 11 is 5.87. The Morgan fingerprint density at radius 3 is 2.35 bits per heavy atom. The van der Waals surface area contributed by atoms with E-state index < -0.39 is 11.2 Å². The lowest BCUT2D eigenvalue weighted by molar-refractivity contribution is 0.547. The number of halogens is 1. The molecule has 3 rings (SSSR count). The molecule has 3 aromatic rings. The molecule has 23 heavy (non-hydrogen) atoms. The van der Waals surface area contributed by atoms with Crippen LogP contribution >= 0.6 is 11.6 Å². The van der Waals surface area contributed by atoms with Gasteiger partial charge in [-0.3, -0.25) is 13.9 Å². The minimum absolute atomic E-state index is 0.112. The molecule has 2 aromatic heterocycles. The highest BCUT2D eigenvalue weighted by molar-refractivity contribution is 6.30. The smallest absolute Gasteiger partial charge is 0.272 e. The van der Waals surface area contributed by atoms with Crippen LogP contribution < -0.4 is 11.2 Å². The first-order valence-electron chi connectivity index (χ1n) is 7.02. The molecule has 8 heteroatoms. The summed E-state index contributed by atoms with van der Waals surface area (Å²) in [6.07, 6.45) is 0. The topological polar surface area (TPSA) is 82.7 Å². The minimum atomic E-state index is -0.494. The van der Waals surface area contributed by atoms with Gasteiger partial charge in [-0.05, 0) is 38.1 Å². The lowest BCUT2D eigenvalue weighted by Crippen LogP contribution is -2.39. The van der Waals surface area contributed by atoms with Gasteiger partial charge in [-0.2, -0.15) is 0 Å². The van der Waals surface area contributed by atoms with Crippen molar-refractivity contribution in [1.29, 1.82) is 0 Å². The SMILES string of the molecule is CC(C)n1c(=O)n(C)c(=O)c2nc(-c3ccc(Cl)cc3)nnc21. The highest BCUT2D eigenvalue weighted by Crippen LogP contribution is 2.18. The average molecular weight is 332 g/mol. The number of nitrogens with zero attached hydrogens (tertiary/aromatic N) is 5. The van der Waals surface area contributed by atoms with Gasteiger partial charge in [0.15, 0.2) is 17.0 Å². The van der Waals surface area contributed by atoms with E-state index in [4.69, 9.17) is 11.6 Å². The highest BCUT2D eigenvalue weighted by Gasteiger charge is 2.17. The van der Waals surface area contributed by atoms with Gasteiger partial charge in [0.1, 0.15) is 0 Å². The van der Waals surface area contributed by atoms with Crippen LogP contribution in [0, 0.1) is 0 Å². The summed E-state index contributed by atoms with van der Waals surface area (Å²) in [7, 11) is 1.42. The van der Waals surface area contributed by atoms with Crippen LogP contribution in [0.4, 0.5) is 0 Å². The van der Waals surface area contributed by atoms with Crippen molar-refractivity contribution in [3.05, 3.63) is 50.1 Å². The summed E-state index contributed by atoms with van der Waals surface area (Å²) in [6, 6.07) is 6.73. The third-order valence-electron chi connectivity index (χ3n) is 3.52. The van der Waals surface area contributed by atoms with Gasteiger partial charge in [-0.25, -0.2) is 9.78 Å².